The molecule has 30 heavy (non-hydrogen) atoms. The van der Waals surface area contributed by atoms with E-state index in [0.717, 1.165) is 0 Å². The normalized spacial score (nSPS) is 11.9. The van der Waals surface area contributed by atoms with Gasteiger partial charge in [0, 0.05) is 13.2 Å². The molecule has 0 saturated heterocycles. The van der Waals surface area contributed by atoms with Crippen molar-refractivity contribution < 1.29 is 19.0 Å². The van der Waals surface area contributed by atoms with Gasteiger partial charge in [-0.05, 0) is 31.2 Å². The first-order valence-corrected chi connectivity index (χ1v) is 9.51. The van der Waals surface area contributed by atoms with Crippen molar-refractivity contribution in [3.05, 3.63) is 64.2 Å². The summed E-state index contributed by atoms with van der Waals surface area (Å²) >= 11 is 0. The summed E-state index contributed by atoms with van der Waals surface area (Å²) in [5, 5.41) is 3.43. The van der Waals surface area contributed by atoms with Gasteiger partial charge in [0.05, 0.1) is 49.9 Å². The number of fused-ring (bicyclic) bond motifs is 1. The molecule has 1 unspecified atom stereocenters. The van der Waals surface area contributed by atoms with Gasteiger partial charge in [0.15, 0.2) is 0 Å². The SMILES string of the molecule is COCCn1c(C(C)NC(=O)c2ccc(OC)cc2OC)nc2ccccc2c1=O. The van der Waals surface area contributed by atoms with E-state index in [2.05, 4.69) is 10.3 Å². The Labute approximate surface area is 174 Å². The maximum atomic E-state index is 13.0. The Morgan fingerprint density at radius 3 is 2.60 bits per heavy atom. The van der Waals surface area contributed by atoms with E-state index >= 15 is 0 Å². The van der Waals surface area contributed by atoms with Gasteiger partial charge >= 0.3 is 0 Å². The number of hydrogen-bond acceptors (Lipinski definition) is 6. The fraction of sp³-hybridized carbons (Fsp3) is 0.318. The van der Waals surface area contributed by atoms with E-state index < -0.39 is 6.04 Å². The van der Waals surface area contributed by atoms with Crippen LogP contribution in [0, 0.1) is 0 Å². The molecule has 1 amide bonds. The van der Waals surface area contributed by atoms with Crippen molar-refractivity contribution in [1.29, 1.82) is 0 Å². The molecule has 0 radical (unpaired) electrons. The smallest absolute Gasteiger partial charge is 0.261 e. The average molecular weight is 411 g/mol. The number of rotatable bonds is 8. The summed E-state index contributed by atoms with van der Waals surface area (Å²) in [5.41, 5.74) is 0.766. The molecule has 0 fully saturated rings. The molecule has 0 saturated carbocycles. The van der Waals surface area contributed by atoms with Gasteiger partial charge in [0.25, 0.3) is 11.5 Å². The zero-order chi connectivity index (χ0) is 21.7. The minimum Gasteiger partial charge on any atom is -0.497 e. The number of benzene rings is 2. The average Bonchev–Trinajstić information content (AvgIpc) is 2.77. The van der Waals surface area contributed by atoms with Crippen LogP contribution in [0.3, 0.4) is 0 Å². The second-order valence-corrected chi connectivity index (χ2v) is 6.70. The molecule has 1 N–H and O–H groups in total. The number of nitrogens with zero attached hydrogens (tertiary/aromatic N) is 2. The molecule has 1 aromatic heterocycles. The van der Waals surface area contributed by atoms with Crippen molar-refractivity contribution in [3.8, 4) is 11.5 Å². The number of ether oxygens (including phenoxy) is 3. The molecular weight excluding hydrogens is 386 g/mol. The van der Waals surface area contributed by atoms with Crippen molar-refractivity contribution in [1.82, 2.24) is 14.9 Å². The van der Waals surface area contributed by atoms with Crippen LogP contribution in [0.2, 0.25) is 0 Å². The van der Waals surface area contributed by atoms with Gasteiger partial charge in [-0.25, -0.2) is 4.98 Å². The fourth-order valence-corrected chi connectivity index (χ4v) is 3.24. The van der Waals surface area contributed by atoms with Crippen molar-refractivity contribution >= 4 is 16.8 Å². The Morgan fingerprint density at radius 1 is 1.13 bits per heavy atom. The molecule has 158 valence electrons. The molecule has 0 aliphatic heterocycles. The van der Waals surface area contributed by atoms with Crippen LogP contribution in [0.5, 0.6) is 11.5 Å². The Kier molecular flexibility index (Phi) is 6.68. The zero-order valence-electron chi connectivity index (χ0n) is 17.5. The van der Waals surface area contributed by atoms with E-state index in [1.165, 1.54) is 7.11 Å². The summed E-state index contributed by atoms with van der Waals surface area (Å²) in [6, 6.07) is 11.6. The van der Waals surface area contributed by atoms with Gasteiger partial charge in [-0.3, -0.25) is 14.2 Å². The van der Waals surface area contributed by atoms with Crippen LogP contribution < -0.4 is 20.3 Å². The first kappa shape index (κ1) is 21.3. The van der Waals surface area contributed by atoms with Crippen molar-refractivity contribution in [2.75, 3.05) is 27.9 Å². The second kappa shape index (κ2) is 9.41. The molecule has 8 heteroatoms. The molecule has 0 aliphatic carbocycles. The highest BCUT2D eigenvalue weighted by atomic mass is 16.5. The van der Waals surface area contributed by atoms with E-state index in [4.69, 9.17) is 14.2 Å². The lowest BCUT2D eigenvalue weighted by atomic mass is 10.1. The number of amides is 1. The predicted molar refractivity (Wildman–Crippen MR) is 113 cm³/mol. The van der Waals surface area contributed by atoms with Crippen LogP contribution >= 0.6 is 0 Å². The highest BCUT2D eigenvalue weighted by Gasteiger charge is 2.21. The minimum absolute atomic E-state index is 0.171. The molecular formula is C22H25N3O5. The van der Waals surface area contributed by atoms with E-state index in [1.807, 2.05) is 6.07 Å². The Bertz CT molecular complexity index is 1110. The largest absolute Gasteiger partial charge is 0.497 e. The van der Waals surface area contributed by atoms with Crippen LogP contribution in [0.4, 0.5) is 0 Å². The van der Waals surface area contributed by atoms with Crippen molar-refractivity contribution in [2.45, 2.75) is 19.5 Å². The highest BCUT2D eigenvalue weighted by molar-refractivity contribution is 5.97. The molecule has 0 spiro atoms. The number of methoxy groups -OCH3 is 3. The third-order valence-electron chi connectivity index (χ3n) is 4.80. The fourth-order valence-electron chi connectivity index (χ4n) is 3.24. The summed E-state index contributed by atoms with van der Waals surface area (Å²) in [7, 11) is 4.60. The molecule has 1 atom stereocenters. The first-order chi connectivity index (χ1) is 14.5. The molecule has 1 heterocycles. The van der Waals surface area contributed by atoms with Crippen LogP contribution in [-0.4, -0.2) is 43.4 Å². The molecule has 0 bridgehead atoms. The van der Waals surface area contributed by atoms with Gasteiger partial charge in [-0.2, -0.15) is 0 Å². The lowest BCUT2D eigenvalue weighted by Crippen LogP contribution is -2.34. The van der Waals surface area contributed by atoms with Crippen molar-refractivity contribution in [3.63, 3.8) is 0 Å². The van der Waals surface area contributed by atoms with Gasteiger partial charge in [-0.1, -0.05) is 12.1 Å². The number of aromatic nitrogens is 2. The maximum absolute atomic E-state index is 13.0. The Morgan fingerprint density at radius 2 is 1.90 bits per heavy atom. The Balaban J connectivity index is 1.97. The van der Waals surface area contributed by atoms with E-state index in [-0.39, 0.29) is 11.5 Å². The van der Waals surface area contributed by atoms with Crippen LogP contribution in [0.25, 0.3) is 10.9 Å². The second-order valence-electron chi connectivity index (χ2n) is 6.70. The Hall–Kier alpha value is -3.39. The van der Waals surface area contributed by atoms with E-state index in [1.54, 1.807) is 62.1 Å². The number of carbonyl (C=O) groups is 1. The summed E-state index contributed by atoms with van der Waals surface area (Å²) in [5.74, 6) is 1.09. The number of para-hydroxylation sites is 1. The van der Waals surface area contributed by atoms with Crippen LogP contribution in [0.1, 0.15) is 29.1 Å². The summed E-state index contributed by atoms with van der Waals surface area (Å²) in [6.45, 7) is 2.46. The number of nitrogens with one attached hydrogen (secondary N) is 1. The zero-order valence-corrected chi connectivity index (χ0v) is 17.5. The van der Waals surface area contributed by atoms with Crippen LogP contribution in [0.15, 0.2) is 47.3 Å². The maximum Gasteiger partial charge on any atom is 0.261 e. The predicted octanol–water partition coefficient (Wildman–Crippen LogP) is 2.55. The number of carbonyl (C=O) groups excluding carboxylic acids is 1. The van der Waals surface area contributed by atoms with Crippen LogP contribution in [-0.2, 0) is 11.3 Å². The monoisotopic (exact) mass is 411 g/mol. The van der Waals surface area contributed by atoms with E-state index in [9.17, 15) is 9.59 Å². The number of hydrogen-bond donors (Lipinski definition) is 1. The van der Waals surface area contributed by atoms with Gasteiger partial charge in [0.2, 0.25) is 0 Å². The lowest BCUT2D eigenvalue weighted by Gasteiger charge is -2.20. The molecule has 3 rings (SSSR count). The standard InChI is InChI=1S/C22H25N3O5/c1-14(23-21(26)17-10-9-15(29-3)13-19(17)30-4)20-24-18-8-6-5-7-16(18)22(27)25(20)11-12-28-2/h5-10,13-14H,11-12H2,1-4H3,(H,23,26). The quantitative estimate of drug-likeness (QED) is 0.613. The summed E-state index contributed by atoms with van der Waals surface area (Å²) < 4.78 is 17.2. The minimum atomic E-state index is -0.529. The lowest BCUT2D eigenvalue weighted by molar-refractivity contribution is 0.0933. The molecule has 8 nitrogen and oxygen atoms in total. The topological polar surface area (TPSA) is 91.7 Å². The van der Waals surface area contributed by atoms with Gasteiger partial charge < -0.3 is 19.5 Å². The van der Waals surface area contributed by atoms with Gasteiger partial charge in [0.1, 0.15) is 17.3 Å². The summed E-state index contributed by atoms with van der Waals surface area (Å²) in [6.07, 6.45) is 0. The molecule has 0 aliphatic rings. The van der Waals surface area contributed by atoms with E-state index in [0.29, 0.717) is 46.9 Å². The van der Waals surface area contributed by atoms with Gasteiger partial charge in [-0.15, -0.1) is 0 Å². The molecule has 2 aromatic carbocycles. The first-order valence-electron chi connectivity index (χ1n) is 9.51. The third-order valence-corrected chi connectivity index (χ3v) is 4.80. The third kappa shape index (κ3) is 4.28. The summed E-state index contributed by atoms with van der Waals surface area (Å²) in [4.78, 5) is 30.6. The highest BCUT2D eigenvalue weighted by Crippen LogP contribution is 2.25. The molecule has 3 aromatic rings. The van der Waals surface area contributed by atoms with Crippen molar-refractivity contribution in [2.24, 2.45) is 0 Å².